The highest BCUT2D eigenvalue weighted by Gasteiger charge is 2.26. The summed E-state index contributed by atoms with van der Waals surface area (Å²) in [5, 5.41) is 15.7. The number of nitrogens with one attached hydrogen (secondary N) is 2. The minimum atomic E-state index is -1.01. The molecule has 0 aliphatic heterocycles. The predicted molar refractivity (Wildman–Crippen MR) is 130 cm³/mol. The number of amides is 2. The average molecular weight is 491 g/mol. The molecule has 2 aromatic rings. The molecule has 0 aliphatic carbocycles. The second-order valence-corrected chi connectivity index (χ2v) is 8.00. The van der Waals surface area contributed by atoms with Crippen molar-refractivity contribution in [2.75, 3.05) is 41.6 Å². The highest BCUT2D eigenvalue weighted by molar-refractivity contribution is 5.98. The molecule has 2 unspecified atom stereocenters. The molecule has 0 fully saturated rings. The molecule has 3 N–H and O–H groups in total. The molecule has 0 aromatic heterocycles. The Balaban J connectivity index is 1.98. The van der Waals surface area contributed by atoms with E-state index >= 15 is 0 Å². The second kappa shape index (κ2) is 13.3. The summed E-state index contributed by atoms with van der Waals surface area (Å²) in [6.07, 6.45) is -1.01. The number of aliphatic hydroxyl groups excluding tert-OH is 1. The summed E-state index contributed by atoms with van der Waals surface area (Å²) >= 11 is 0. The molecule has 2 atom stereocenters. The van der Waals surface area contributed by atoms with Crippen molar-refractivity contribution in [1.29, 1.82) is 0 Å². The van der Waals surface area contributed by atoms with Gasteiger partial charge in [-0.05, 0) is 30.2 Å². The maximum atomic E-state index is 12.8. The number of carbonyl (C=O) groups excluding carboxylic acids is 2. The molecule has 0 radical (unpaired) electrons. The molecule has 0 saturated carbocycles. The minimum absolute atomic E-state index is 0.0810. The van der Waals surface area contributed by atoms with Gasteiger partial charge >= 0.3 is 0 Å². The first kappa shape index (κ1) is 27.6. The lowest BCUT2D eigenvalue weighted by Gasteiger charge is -2.23. The Morgan fingerprint density at radius 1 is 0.914 bits per heavy atom. The quantitative estimate of drug-likeness (QED) is 0.390. The normalized spacial score (nSPS) is 12.3. The second-order valence-electron chi connectivity index (χ2n) is 8.00. The van der Waals surface area contributed by atoms with Crippen LogP contribution in [0.3, 0.4) is 0 Å². The van der Waals surface area contributed by atoms with Crippen LogP contribution in [-0.4, -0.2) is 70.7 Å². The first-order valence-electron chi connectivity index (χ1n) is 11.1. The Labute approximate surface area is 205 Å². The van der Waals surface area contributed by atoms with Crippen LogP contribution in [0.2, 0.25) is 0 Å². The maximum Gasteiger partial charge on any atom is 0.252 e. The van der Waals surface area contributed by atoms with Gasteiger partial charge in [-0.25, -0.2) is 0 Å². The van der Waals surface area contributed by atoms with Crippen LogP contribution in [-0.2, 0) is 4.79 Å². The number of aliphatic hydroxyl groups is 1. The van der Waals surface area contributed by atoms with Crippen LogP contribution >= 0.6 is 0 Å². The zero-order chi connectivity index (χ0) is 26.0. The van der Waals surface area contributed by atoms with Crippen LogP contribution < -0.4 is 34.3 Å². The van der Waals surface area contributed by atoms with Gasteiger partial charge in [-0.1, -0.05) is 19.9 Å². The van der Waals surface area contributed by atoms with E-state index in [1.165, 1.54) is 28.4 Å². The fourth-order valence-electron chi connectivity index (χ4n) is 3.22. The number of ether oxygens (including phenoxy) is 5. The molecule has 2 aromatic carbocycles. The van der Waals surface area contributed by atoms with E-state index in [2.05, 4.69) is 10.6 Å². The first-order chi connectivity index (χ1) is 16.7. The fraction of sp³-hybridized carbons (Fsp3) is 0.440. The van der Waals surface area contributed by atoms with Crippen LogP contribution in [0.15, 0.2) is 36.4 Å². The summed E-state index contributed by atoms with van der Waals surface area (Å²) in [6, 6.07) is 9.10. The van der Waals surface area contributed by atoms with Gasteiger partial charge in [0, 0.05) is 18.2 Å². The average Bonchev–Trinajstić information content (AvgIpc) is 2.87. The standard InChI is InChI=1S/C25H34N2O8/c1-15(2)22(27-24(29)16-10-18(31-3)12-19(11-16)32-4)25(30)26-13-17(28)14-35-23-20(33-5)8-7-9-21(23)34-6/h7-12,15,17,22,28H,13-14H2,1-6H3,(H,26,30)(H,27,29). The van der Waals surface area contributed by atoms with Gasteiger partial charge in [-0.2, -0.15) is 0 Å². The van der Waals surface area contributed by atoms with Crippen molar-refractivity contribution in [3.8, 4) is 28.7 Å². The molecule has 10 heteroatoms. The highest BCUT2D eigenvalue weighted by atomic mass is 16.5. The third-order valence-corrected chi connectivity index (χ3v) is 5.16. The van der Waals surface area contributed by atoms with Gasteiger partial charge in [0.05, 0.1) is 28.4 Å². The molecule has 0 aliphatic rings. The van der Waals surface area contributed by atoms with Crippen LogP contribution in [0.5, 0.6) is 28.7 Å². The summed E-state index contributed by atoms with van der Waals surface area (Å²) in [7, 11) is 5.97. The van der Waals surface area contributed by atoms with Gasteiger partial charge in [0.15, 0.2) is 11.5 Å². The number of hydrogen-bond acceptors (Lipinski definition) is 8. The Morgan fingerprint density at radius 3 is 1.97 bits per heavy atom. The molecule has 0 heterocycles. The number of methoxy groups -OCH3 is 4. The van der Waals surface area contributed by atoms with E-state index in [1.54, 1.807) is 36.4 Å². The molecular weight excluding hydrogens is 456 g/mol. The summed E-state index contributed by atoms with van der Waals surface area (Å²) in [4.78, 5) is 25.6. The van der Waals surface area contributed by atoms with E-state index in [0.717, 1.165) is 0 Å². The summed E-state index contributed by atoms with van der Waals surface area (Å²) in [6.45, 7) is 3.43. The van der Waals surface area contributed by atoms with Crippen molar-refractivity contribution in [3.63, 3.8) is 0 Å². The van der Waals surface area contributed by atoms with Gasteiger partial charge in [-0.3, -0.25) is 9.59 Å². The molecule has 2 amide bonds. The van der Waals surface area contributed by atoms with E-state index in [4.69, 9.17) is 23.7 Å². The van der Waals surface area contributed by atoms with Gasteiger partial charge in [0.1, 0.15) is 30.3 Å². The lowest BCUT2D eigenvalue weighted by molar-refractivity contribution is -0.124. The zero-order valence-electron chi connectivity index (χ0n) is 20.9. The van der Waals surface area contributed by atoms with Crippen LogP contribution in [0.1, 0.15) is 24.2 Å². The zero-order valence-corrected chi connectivity index (χ0v) is 20.9. The molecular formula is C25H34N2O8. The Morgan fingerprint density at radius 2 is 1.49 bits per heavy atom. The van der Waals surface area contributed by atoms with Gasteiger partial charge < -0.3 is 39.4 Å². The van der Waals surface area contributed by atoms with E-state index in [-0.39, 0.29) is 19.1 Å². The molecule has 0 spiro atoms. The van der Waals surface area contributed by atoms with Gasteiger partial charge in [0.25, 0.3) is 5.91 Å². The number of benzene rings is 2. The summed E-state index contributed by atoms with van der Waals surface area (Å²) in [5.41, 5.74) is 0.291. The SMILES string of the molecule is COc1cc(OC)cc(C(=O)NC(C(=O)NCC(O)COc2c(OC)cccc2OC)C(C)C)c1. The van der Waals surface area contributed by atoms with Crippen LogP contribution in [0.25, 0.3) is 0 Å². The van der Waals surface area contributed by atoms with Crippen molar-refractivity contribution in [3.05, 3.63) is 42.0 Å². The van der Waals surface area contributed by atoms with Crippen molar-refractivity contribution < 1.29 is 38.4 Å². The maximum absolute atomic E-state index is 12.8. The molecule has 10 nitrogen and oxygen atoms in total. The molecule has 35 heavy (non-hydrogen) atoms. The summed E-state index contributed by atoms with van der Waals surface area (Å²) in [5.74, 6) is 1.07. The number of rotatable bonds is 13. The molecule has 0 bridgehead atoms. The third kappa shape index (κ3) is 7.68. The third-order valence-electron chi connectivity index (χ3n) is 5.16. The van der Waals surface area contributed by atoms with Crippen LogP contribution in [0, 0.1) is 5.92 Å². The Bertz CT molecular complexity index is 951. The number of carbonyl (C=O) groups is 2. The first-order valence-corrected chi connectivity index (χ1v) is 11.1. The largest absolute Gasteiger partial charge is 0.497 e. The molecule has 0 saturated heterocycles. The highest BCUT2D eigenvalue weighted by Crippen LogP contribution is 2.36. The minimum Gasteiger partial charge on any atom is -0.497 e. The van der Waals surface area contributed by atoms with Crippen LogP contribution in [0.4, 0.5) is 0 Å². The smallest absolute Gasteiger partial charge is 0.252 e. The molecule has 192 valence electrons. The lowest BCUT2D eigenvalue weighted by atomic mass is 10.0. The summed E-state index contributed by atoms with van der Waals surface area (Å²) < 4.78 is 26.6. The molecule has 2 rings (SSSR count). The predicted octanol–water partition coefficient (Wildman–Crippen LogP) is 2.03. The van der Waals surface area contributed by atoms with Crippen molar-refractivity contribution >= 4 is 11.8 Å². The van der Waals surface area contributed by atoms with Crippen molar-refractivity contribution in [2.45, 2.75) is 26.0 Å². The van der Waals surface area contributed by atoms with E-state index in [0.29, 0.717) is 34.3 Å². The van der Waals surface area contributed by atoms with Crippen molar-refractivity contribution in [2.24, 2.45) is 5.92 Å². The van der Waals surface area contributed by atoms with Gasteiger partial charge in [-0.15, -0.1) is 0 Å². The fourth-order valence-corrected chi connectivity index (χ4v) is 3.22. The van der Waals surface area contributed by atoms with E-state index < -0.39 is 24.0 Å². The van der Waals surface area contributed by atoms with E-state index in [9.17, 15) is 14.7 Å². The van der Waals surface area contributed by atoms with Crippen molar-refractivity contribution in [1.82, 2.24) is 10.6 Å². The monoisotopic (exact) mass is 490 g/mol. The number of hydrogen-bond donors (Lipinski definition) is 3. The van der Waals surface area contributed by atoms with E-state index in [1.807, 2.05) is 13.8 Å². The number of para-hydroxylation sites is 1. The van der Waals surface area contributed by atoms with Gasteiger partial charge in [0.2, 0.25) is 11.7 Å². The lowest BCUT2D eigenvalue weighted by Crippen LogP contribution is -2.51. The Hall–Kier alpha value is -3.66. The Kier molecular flexibility index (Phi) is 10.5. The topological polar surface area (TPSA) is 125 Å².